The van der Waals surface area contributed by atoms with Crippen LogP contribution in [0.3, 0.4) is 0 Å². The molecule has 0 atom stereocenters. The summed E-state index contributed by atoms with van der Waals surface area (Å²) in [7, 11) is 0. The normalized spacial score (nSPS) is 11.8. The Balaban J connectivity index is 1.81. The molecule has 5 rings (SSSR count). The number of furan rings is 1. The maximum Gasteiger partial charge on any atom is 0.136 e. The summed E-state index contributed by atoms with van der Waals surface area (Å²) in [5, 5.41) is 4.99. The Morgan fingerprint density at radius 2 is 1.42 bits per heavy atom. The van der Waals surface area contributed by atoms with Gasteiger partial charge in [0, 0.05) is 10.8 Å². The van der Waals surface area contributed by atoms with Gasteiger partial charge in [-0.3, -0.25) is 0 Å². The fraction of sp³-hybridized carbons (Fsp3) is 0.120. The molecule has 0 aliphatic rings. The molecule has 1 heterocycles. The summed E-state index contributed by atoms with van der Waals surface area (Å²) in [5.41, 5.74) is 5.72. The Morgan fingerprint density at radius 1 is 0.654 bits per heavy atom. The van der Waals surface area contributed by atoms with Crippen molar-refractivity contribution in [2.45, 2.75) is 19.8 Å². The van der Waals surface area contributed by atoms with Crippen molar-refractivity contribution in [3.63, 3.8) is 0 Å². The van der Waals surface area contributed by atoms with Crippen LogP contribution in [0.4, 0.5) is 0 Å². The molecule has 5 aromatic rings. The molecule has 1 aromatic heterocycles. The van der Waals surface area contributed by atoms with E-state index in [1.807, 2.05) is 6.07 Å². The molecule has 0 radical (unpaired) electrons. The van der Waals surface area contributed by atoms with E-state index >= 15 is 0 Å². The first-order valence-electron chi connectivity index (χ1n) is 9.15. The standard InChI is InChI=1S/C25H20O/c1-16(2)22-14-20(19-12-11-17-7-3-4-8-18(17)13-19)15-24-25(22)21-9-5-6-10-23(21)26-24/h3-16H,1-2H3. The van der Waals surface area contributed by atoms with E-state index in [9.17, 15) is 0 Å². The van der Waals surface area contributed by atoms with Gasteiger partial charge in [0.1, 0.15) is 11.2 Å². The van der Waals surface area contributed by atoms with Gasteiger partial charge in [-0.05, 0) is 51.6 Å². The molecular formula is C25H20O. The number of hydrogen-bond acceptors (Lipinski definition) is 1. The maximum absolute atomic E-state index is 6.19. The molecule has 0 aliphatic carbocycles. The van der Waals surface area contributed by atoms with E-state index in [2.05, 4.69) is 86.6 Å². The third-order valence-electron chi connectivity index (χ3n) is 5.21. The quantitative estimate of drug-likeness (QED) is 0.325. The zero-order chi connectivity index (χ0) is 17.7. The fourth-order valence-corrected chi connectivity index (χ4v) is 3.88. The molecule has 0 saturated carbocycles. The van der Waals surface area contributed by atoms with Crippen molar-refractivity contribution in [1.82, 2.24) is 0 Å². The van der Waals surface area contributed by atoms with Gasteiger partial charge in [0.05, 0.1) is 0 Å². The lowest BCUT2D eigenvalue weighted by atomic mass is 9.92. The number of benzene rings is 4. The van der Waals surface area contributed by atoms with Crippen molar-refractivity contribution in [1.29, 1.82) is 0 Å². The number of hydrogen-bond donors (Lipinski definition) is 0. The Labute approximate surface area is 152 Å². The molecule has 0 saturated heterocycles. The monoisotopic (exact) mass is 336 g/mol. The average Bonchev–Trinajstić information content (AvgIpc) is 3.05. The predicted molar refractivity (Wildman–Crippen MR) is 111 cm³/mol. The van der Waals surface area contributed by atoms with Gasteiger partial charge in [-0.25, -0.2) is 0 Å². The third kappa shape index (κ3) is 2.32. The van der Waals surface area contributed by atoms with Crippen molar-refractivity contribution in [2.75, 3.05) is 0 Å². The summed E-state index contributed by atoms with van der Waals surface area (Å²) in [5.74, 6) is 0.430. The van der Waals surface area contributed by atoms with E-state index in [0.29, 0.717) is 5.92 Å². The molecule has 0 aliphatic heterocycles. The second-order valence-corrected chi connectivity index (χ2v) is 7.25. The molecule has 0 amide bonds. The zero-order valence-corrected chi connectivity index (χ0v) is 15.0. The van der Waals surface area contributed by atoms with E-state index in [1.165, 1.54) is 38.2 Å². The van der Waals surface area contributed by atoms with Gasteiger partial charge in [0.2, 0.25) is 0 Å². The van der Waals surface area contributed by atoms with Crippen molar-refractivity contribution >= 4 is 32.7 Å². The van der Waals surface area contributed by atoms with Crippen LogP contribution < -0.4 is 0 Å². The second-order valence-electron chi connectivity index (χ2n) is 7.25. The van der Waals surface area contributed by atoms with E-state index < -0.39 is 0 Å². The van der Waals surface area contributed by atoms with Crippen LogP contribution in [0.2, 0.25) is 0 Å². The van der Waals surface area contributed by atoms with Crippen molar-refractivity contribution < 1.29 is 4.42 Å². The SMILES string of the molecule is CC(C)c1cc(-c2ccc3ccccc3c2)cc2oc3ccccc3c12. The van der Waals surface area contributed by atoms with Crippen LogP contribution in [0.15, 0.2) is 83.3 Å². The van der Waals surface area contributed by atoms with Crippen LogP contribution in [0.25, 0.3) is 43.8 Å². The maximum atomic E-state index is 6.19. The summed E-state index contributed by atoms with van der Waals surface area (Å²) in [6.07, 6.45) is 0. The number of fused-ring (bicyclic) bond motifs is 4. The van der Waals surface area contributed by atoms with E-state index in [1.54, 1.807) is 0 Å². The summed E-state index contributed by atoms with van der Waals surface area (Å²) < 4.78 is 6.19. The topological polar surface area (TPSA) is 13.1 Å². The zero-order valence-electron chi connectivity index (χ0n) is 15.0. The van der Waals surface area contributed by atoms with Crippen LogP contribution in [-0.4, -0.2) is 0 Å². The smallest absolute Gasteiger partial charge is 0.136 e. The van der Waals surface area contributed by atoms with Crippen molar-refractivity contribution in [2.24, 2.45) is 0 Å². The van der Waals surface area contributed by atoms with E-state index in [-0.39, 0.29) is 0 Å². The molecule has 4 aromatic carbocycles. The summed E-state index contributed by atoms with van der Waals surface area (Å²) in [6.45, 7) is 4.50. The summed E-state index contributed by atoms with van der Waals surface area (Å²) in [4.78, 5) is 0. The highest BCUT2D eigenvalue weighted by Crippen LogP contribution is 2.38. The minimum atomic E-state index is 0.430. The first-order chi connectivity index (χ1) is 12.7. The molecule has 1 nitrogen and oxygen atoms in total. The largest absolute Gasteiger partial charge is 0.456 e. The molecule has 0 spiro atoms. The van der Waals surface area contributed by atoms with Gasteiger partial charge in [-0.1, -0.05) is 74.5 Å². The minimum absolute atomic E-state index is 0.430. The Morgan fingerprint density at radius 3 is 2.27 bits per heavy atom. The molecule has 0 N–H and O–H groups in total. The highest BCUT2D eigenvalue weighted by molar-refractivity contribution is 6.08. The summed E-state index contributed by atoms with van der Waals surface area (Å²) >= 11 is 0. The Hall–Kier alpha value is -3.06. The van der Waals surface area contributed by atoms with Gasteiger partial charge in [-0.15, -0.1) is 0 Å². The van der Waals surface area contributed by atoms with Crippen molar-refractivity contribution in [3.8, 4) is 11.1 Å². The predicted octanol–water partition coefficient (Wildman–Crippen LogP) is 7.53. The molecule has 126 valence electrons. The van der Waals surface area contributed by atoms with Gasteiger partial charge < -0.3 is 4.42 Å². The van der Waals surface area contributed by atoms with E-state index in [4.69, 9.17) is 4.42 Å². The fourth-order valence-electron chi connectivity index (χ4n) is 3.88. The summed E-state index contributed by atoms with van der Waals surface area (Å²) in [6, 6.07) is 28.0. The van der Waals surface area contributed by atoms with Crippen LogP contribution in [0, 0.1) is 0 Å². The first kappa shape index (κ1) is 15.2. The number of para-hydroxylation sites is 1. The average molecular weight is 336 g/mol. The van der Waals surface area contributed by atoms with Gasteiger partial charge in [-0.2, -0.15) is 0 Å². The van der Waals surface area contributed by atoms with Crippen LogP contribution in [0.5, 0.6) is 0 Å². The van der Waals surface area contributed by atoms with Gasteiger partial charge in [0.15, 0.2) is 0 Å². The Bertz CT molecular complexity index is 1260. The number of rotatable bonds is 2. The van der Waals surface area contributed by atoms with Gasteiger partial charge >= 0.3 is 0 Å². The third-order valence-corrected chi connectivity index (χ3v) is 5.21. The minimum Gasteiger partial charge on any atom is -0.456 e. The van der Waals surface area contributed by atoms with E-state index in [0.717, 1.165) is 11.2 Å². The lowest BCUT2D eigenvalue weighted by molar-refractivity contribution is 0.668. The first-order valence-corrected chi connectivity index (χ1v) is 9.15. The molecule has 26 heavy (non-hydrogen) atoms. The molecule has 0 fully saturated rings. The van der Waals surface area contributed by atoms with Crippen LogP contribution in [0.1, 0.15) is 25.3 Å². The second kappa shape index (κ2) is 5.74. The molecule has 1 heteroatoms. The van der Waals surface area contributed by atoms with Crippen molar-refractivity contribution in [3.05, 3.63) is 84.4 Å². The van der Waals surface area contributed by atoms with Crippen LogP contribution in [-0.2, 0) is 0 Å². The lowest BCUT2D eigenvalue weighted by Crippen LogP contribution is -1.90. The highest BCUT2D eigenvalue weighted by atomic mass is 16.3. The van der Waals surface area contributed by atoms with Gasteiger partial charge in [0.25, 0.3) is 0 Å². The molecular weight excluding hydrogens is 316 g/mol. The molecule has 0 bridgehead atoms. The Kier molecular flexibility index (Phi) is 3.36. The molecule has 0 unspecified atom stereocenters. The van der Waals surface area contributed by atoms with Crippen LogP contribution >= 0.6 is 0 Å². The highest BCUT2D eigenvalue weighted by Gasteiger charge is 2.15. The lowest BCUT2D eigenvalue weighted by Gasteiger charge is -2.11.